The predicted molar refractivity (Wildman–Crippen MR) is 74.2 cm³/mol. The third-order valence-electron chi connectivity index (χ3n) is 3.45. The lowest BCUT2D eigenvalue weighted by Crippen LogP contribution is -2.02. The first-order valence-corrected chi connectivity index (χ1v) is 6.98. The third-order valence-corrected chi connectivity index (χ3v) is 3.45. The summed E-state index contributed by atoms with van der Waals surface area (Å²) in [4.78, 5) is 4.31. The zero-order valence-electron chi connectivity index (χ0n) is 12.1. The normalized spacial score (nSPS) is 15.8. The molecule has 21 heavy (non-hydrogen) atoms. The Labute approximate surface area is 122 Å². The topological polar surface area (TPSA) is 77.6 Å². The Bertz CT molecular complexity index is 620. The van der Waals surface area contributed by atoms with E-state index in [2.05, 4.69) is 10.1 Å². The maximum Gasteiger partial charge on any atom is 0.264 e. The lowest BCUT2D eigenvalue weighted by molar-refractivity contribution is 0.185. The number of aromatic nitrogens is 2. The molecule has 1 aliphatic carbocycles. The smallest absolute Gasteiger partial charge is 0.264 e. The first kappa shape index (κ1) is 13.9. The highest BCUT2D eigenvalue weighted by atomic mass is 16.5. The molecule has 0 amide bonds. The Kier molecular flexibility index (Phi) is 3.79. The van der Waals surface area contributed by atoms with Gasteiger partial charge in [0.15, 0.2) is 12.4 Å². The van der Waals surface area contributed by atoms with Crippen molar-refractivity contribution in [2.45, 2.75) is 38.4 Å². The third kappa shape index (κ3) is 3.16. The van der Waals surface area contributed by atoms with Crippen LogP contribution in [-0.2, 0) is 6.61 Å². The molecule has 6 nitrogen and oxygen atoms in total. The van der Waals surface area contributed by atoms with Gasteiger partial charge in [0.25, 0.3) is 5.89 Å². The number of nitrogens with zero attached hydrogens (tertiary/aromatic N) is 2. The fraction of sp³-hybridized carbons (Fsp3) is 0.467. The Morgan fingerprint density at radius 1 is 1.43 bits per heavy atom. The number of aliphatic hydroxyl groups excluding tert-OH is 1. The second-order valence-electron chi connectivity index (χ2n) is 5.19. The van der Waals surface area contributed by atoms with Gasteiger partial charge in [-0.2, -0.15) is 4.98 Å². The molecular formula is C15H18N2O4. The van der Waals surface area contributed by atoms with E-state index < -0.39 is 6.10 Å². The average Bonchev–Trinajstić information content (AvgIpc) is 3.23. The van der Waals surface area contributed by atoms with Crippen LogP contribution in [0.25, 0.3) is 0 Å². The van der Waals surface area contributed by atoms with E-state index in [-0.39, 0.29) is 6.61 Å². The number of rotatable bonds is 6. The molecule has 0 saturated heterocycles. The first-order chi connectivity index (χ1) is 10.2. The number of aliphatic hydroxyl groups is 1. The fourth-order valence-corrected chi connectivity index (χ4v) is 2.09. The highest BCUT2D eigenvalue weighted by molar-refractivity contribution is 5.41. The zero-order chi connectivity index (χ0) is 14.8. The van der Waals surface area contributed by atoms with E-state index in [0.29, 0.717) is 28.9 Å². The Morgan fingerprint density at radius 3 is 2.90 bits per heavy atom. The van der Waals surface area contributed by atoms with Crippen LogP contribution in [0.4, 0.5) is 0 Å². The van der Waals surface area contributed by atoms with Crippen molar-refractivity contribution in [2.75, 3.05) is 7.11 Å². The van der Waals surface area contributed by atoms with Gasteiger partial charge in [-0.3, -0.25) is 0 Å². The van der Waals surface area contributed by atoms with Crippen molar-refractivity contribution in [3.63, 3.8) is 0 Å². The van der Waals surface area contributed by atoms with E-state index in [4.69, 9.17) is 14.0 Å². The van der Waals surface area contributed by atoms with Crippen molar-refractivity contribution >= 4 is 0 Å². The summed E-state index contributed by atoms with van der Waals surface area (Å²) >= 11 is 0. The fourth-order valence-electron chi connectivity index (χ4n) is 2.09. The summed E-state index contributed by atoms with van der Waals surface area (Å²) < 4.78 is 16.0. The minimum absolute atomic E-state index is 0.173. The minimum atomic E-state index is -0.629. The Morgan fingerprint density at radius 2 is 2.24 bits per heavy atom. The lowest BCUT2D eigenvalue weighted by Gasteiger charge is -2.13. The van der Waals surface area contributed by atoms with E-state index in [1.54, 1.807) is 32.2 Å². The van der Waals surface area contributed by atoms with Gasteiger partial charge in [-0.05, 0) is 31.9 Å². The van der Waals surface area contributed by atoms with Crippen LogP contribution in [0.15, 0.2) is 22.7 Å². The molecule has 0 radical (unpaired) electrons. The molecule has 6 heteroatoms. The molecule has 1 aliphatic rings. The molecule has 1 aromatic heterocycles. The van der Waals surface area contributed by atoms with E-state index in [9.17, 15) is 5.11 Å². The number of hydrogen-bond donors (Lipinski definition) is 1. The predicted octanol–water partition coefficient (Wildman–Crippen LogP) is 2.59. The van der Waals surface area contributed by atoms with E-state index in [1.165, 1.54) is 0 Å². The van der Waals surface area contributed by atoms with Gasteiger partial charge in [-0.15, -0.1) is 0 Å². The summed E-state index contributed by atoms with van der Waals surface area (Å²) in [5, 5.41) is 13.7. The summed E-state index contributed by atoms with van der Waals surface area (Å²) in [7, 11) is 1.58. The van der Waals surface area contributed by atoms with Crippen LogP contribution in [0.3, 0.4) is 0 Å². The van der Waals surface area contributed by atoms with E-state index in [0.717, 1.165) is 18.7 Å². The molecule has 1 fully saturated rings. The quantitative estimate of drug-likeness (QED) is 0.881. The standard InChI is InChI=1S/C15H18N2O4/c1-9(18)12-6-5-11(19-2)7-13(12)20-8-14-16-15(17-21-14)10-3-4-10/h5-7,9-10,18H,3-4,8H2,1-2H3/t9-/m1/s1. The highest BCUT2D eigenvalue weighted by Crippen LogP contribution is 2.38. The molecule has 1 N–H and O–H groups in total. The maximum absolute atomic E-state index is 9.78. The molecule has 0 unspecified atom stereocenters. The Balaban J connectivity index is 1.73. The van der Waals surface area contributed by atoms with Gasteiger partial charge < -0.3 is 19.1 Å². The van der Waals surface area contributed by atoms with Gasteiger partial charge in [-0.1, -0.05) is 5.16 Å². The molecule has 1 atom stereocenters. The van der Waals surface area contributed by atoms with Crippen LogP contribution >= 0.6 is 0 Å². The van der Waals surface area contributed by atoms with Crippen molar-refractivity contribution in [3.8, 4) is 11.5 Å². The second-order valence-corrected chi connectivity index (χ2v) is 5.19. The van der Waals surface area contributed by atoms with Gasteiger partial charge in [0.05, 0.1) is 13.2 Å². The van der Waals surface area contributed by atoms with Gasteiger partial charge in [0.1, 0.15) is 11.5 Å². The molecule has 0 spiro atoms. The molecule has 0 aliphatic heterocycles. The molecule has 1 aromatic carbocycles. The minimum Gasteiger partial charge on any atom is -0.497 e. The van der Waals surface area contributed by atoms with Crippen LogP contribution < -0.4 is 9.47 Å². The molecule has 1 heterocycles. The first-order valence-electron chi connectivity index (χ1n) is 6.98. The largest absolute Gasteiger partial charge is 0.497 e. The van der Waals surface area contributed by atoms with Crippen molar-refractivity contribution < 1.29 is 19.1 Å². The molecule has 112 valence electrons. The summed E-state index contributed by atoms with van der Waals surface area (Å²) in [5.41, 5.74) is 0.692. The summed E-state index contributed by atoms with van der Waals surface area (Å²) in [5.74, 6) is 2.87. The van der Waals surface area contributed by atoms with Crippen LogP contribution in [0.1, 0.15) is 49.1 Å². The van der Waals surface area contributed by atoms with Crippen LogP contribution in [0.2, 0.25) is 0 Å². The zero-order valence-corrected chi connectivity index (χ0v) is 12.1. The molecular weight excluding hydrogens is 272 g/mol. The maximum atomic E-state index is 9.78. The van der Waals surface area contributed by atoms with Gasteiger partial charge in [0, 0.05) is 17.5 Å². The molecule has 1 saturated carbocycles. The summed E-state index contributed by atoms with van der Waals surface area (Å²) in [6, 6.07) is 5.30. The van der Waals surface area contributed by atoms with E-state index >= 15 is 0 Å². The highest BCUT2D eigenvalue weighted by Gasteiger charge is 2.28. The van der Waals surface area contributed by atoms with E-state index in [1.807, 2.05) is 0 Å². The van der Waals surface area contributed by atoms with Crippen molar-refractivity contribution in [2.24, 2.45) is 0 Å². The molecule has 0 bridgehead atoms. The second kappa shape index (κ2) is 5.73. The van der Waals surface area contributed by atoms with Crippen molar-refractivity contribution in [1.29, 1.82) is 0 Å². The SMILES string of the molecule is COc1ccc([C@@H](C)O)c(OCc2nc(C3CC3)no2)c1. The summed E-state index contributed by atoms with van der Waals surface area (Å²) in [6.07, 6.45) is 1.62. The number of hydrogen-bond acceptors (Lipinski definition) is 6. The van der Waals surface area contributed by atoms with Crippen molar-refractivity contribution in [3.05, 3.63) is 35.5 Å². The Hall–Kier alpha value is -2.08. The molecule has 2 aromatic rings. The molecule has 3 rings (SSSR count). The van der Waals surface area contributed by atoms with Crippen LogP contribution in [0, 0.1) is 0 Å². The number of methoxy groups -OCH3 is 1. The van der Waals surface area contributed by atoms with Crippen molar-refractivity contribution in [1.82, 2.24) is 10.1 Å². The monoisotopic (exact) mass is 290 g/mol. The number of benzene rings is 1. The van der Waals surface area contributed by atoms with Gasteiger partial charge in [0.2, 0.25) is 0 Å². The van der Waals surface area contributed by atoms with Gasteiger partial charge >= 0.3 is 0 Å². The van der Waals surface area contributed by atoms with Gasteiger partial charge in [-0.25, -0.2) is 0 Å². The van der Waals surface area contributed by atoms with Crippen LogP contribution in [-0.4, -0.2) is 22.4 Å². The average molecular weight is 290 g/mol. The summed E-state index contributed by atoms with van der Waals surface area (Å²) in [6.45, 7) is 1.86. The lowest BCUT2D eigenvalue weighted by atomic mass is 10.1. The van der Waals surface area contributed by atoms with Crippen LogP contribution in [0.5, 0.6) is 11.5 Å². The number of ether oxygens (including phenoxy) is 2.